The Morgan fingerprint density at radius 1 is 1.12 bits per heavy atom. The van der Waals surface area contributed by atoms with Gasteiger partial charge in [0.1, 0.15) is 5.75 Å². The minimum atomic E-state index is -2.95. The highest BCUT2D eigenvalue weighted by Gasteiger charge is 2.18. The number of hydrogen-bond acceptors (Lipinski definition) is 2. The summed E-state index contributed by atoms with van der Waals surface area (Å²) in [6.07, 6.45) is 0. The van der Waals surface area contributed by atoms with Gasteiger partial charge in [0, 0.05) is 5.56 Å². The third kappa shape index (κ3) is 3.34. The van der Waals surface area contributed by atoms with Crippen LogP contribution >= 0.6 is 8.25 Å². The lowest BCUT2D eigenvalue weighted by Gasteiger charge is -2.21. The Hall–Kier alpha value is -0.790. The molecule has 1 rings (SSSR count). The molecule has 0 fully saturated rings. The monoisotopic (exact) mass is 256 g/mol. The maximum Gasteiger partial charge on any atom is 0.365 e. The van der Waals surface area contributed by atoms with Crippen LogP contribution in [0, 0.1) is 6.92 Å². The zero-order valence-electron chi connectivity index (χ0n) is 11.1. The highest BCUT2D eigenvalue weighted by Crippen LogP contribution is 2.38. The normalized spacial score (nSPS) is 13.2. The van der Waals surface area contributed by atoms with E-state index >= 15 is 0 Å². The third-order valence-electron chi connectivity index (χ3n) is 2.82. The number of benzene rings is 1. The predicted octanol–water partition coefficient (Wildman–Crippen LogP) is 4.00. The fraction of sp³-hybridized carbons (Fsp3) is 0.538. The molecule has 3 nitrogen and oxygen atoms in total. The molecule has 0 aliphatic rings. The molecule has 0 saturated carbocycles. The lowest BCUT2D eigenvalue weighted by atomic mass is 9.87. The van der Waals surface area contributed by atoms with E-state index in [1.807, 2.05) is 6.07 Å². The molecule has 1 atom stereocenters. The van der Waals surface area contributed by atoms with E-state index in [4.69, 9.17) is 9.42 Å². The van der Waals surface area contributed by atoms with Crippen LogP contribution in [0.3, 0.4) is 0 Å². The molecule has 1 aromatic carbocycles. The van der Waals surface area contributed by atoms with Gasteiger partial charge in [0.25, 0.3) is 0 Å². The van der Waals surface area contributed by atoms with E-state index in [0.717, 1.165) is 5.56 Å². The van der Waals surface area contributed by atoms with Crippen LogP contribution in [-0.2, 0) is 4.57 Å². The van der Waals surface area contributed by atoms with Gasteiger partial charge in [-0.2, -0.15) is 0 Å². The second kappa shape index (κ2) is 5.70. The van der Waals surface area contributed by atoms with Gasteiger partial charge in [-0.25, -0.2) is 4.57 Å². The Bertz CT molecular complexity index is 425. The first-order valence-electron chi connectivity index (χ1n) is 5.88. The molecule has 0 radical (unpaired) electrons. The molecule has 96 valence electrons. The molecule has 0 aromatic heterocycles. The van der Waals surface area contributed by atoms with Gasteiger partial charge in [0.2, 0.25) is 0 Å². The van der Waals surface area contributed by atoms with Crippen molar-refractivity contribution in [3.63, 3.8) is 0 Å². The molecule has 17 heavy (non-hydrogen) atoms. The van der Waals surface area contributed by atoms with Crippen molar-refractivity contribution in [1.29, 1.82) is 0 Å². The van der Waals surface area contributed by atoms with Gasteiger partial charge in [-0.05, 0) is 36.0 Å². The van der Waals surface area contributed by atoms with Crippen LogP contribution < -0.4 is 4.52 Å². The highest BCUT2D eigenvalue weighted by atomic mass is 31.1. The topological polar surface area (TPSA) is 46.5 Å². The van der Waals surface area contributed by atoms with Gasteiger partial charge in [0.15, 0.2) is 0 Å². The van der Waals surface area contributed by atoms with Crippen LogP contribution in [0.5, 0.6) is 5.75 Å². The quantitative estimate of drug-likeness (QED) is 0.828. The SMILES string of the molecule is Cc1ccc(O[PH](=O)O)c(C(C)C)c1C(C)C. The average Bonchev–Trinajstić information content (AvgIpc) is 2.18. The van der Waals surface area contributed by atoms with E-state index in [9.17, 15) is 4.57 Å². The molecule has 0 spiro atoms. The standard InChI is InChI=1S/C13H21O3P/c1-8(2)12-10(5)6-7-11(16-17(14)15)13(12)9(3)4/h6-9,17H,1-5H3,(H,14,15). The van der Waals surface area contributed by atoms with Crippen LogP contribution in [-0.4, -0.2) is 4.89 Å². The molecular formula is C13H21O3P. The molecule has 0 heterocycles. The van der Waals surface area contributed by atoms with Crippen molar-refractivity contribution in [2.75, 3.05) is 0 Å². The second-order valence-electron chi connectivity index (χ2n) is 4.89. The van der Waals surface area contributed by atoms with E-state index in [2.05, 4.69) is 34.6 Å². The fourth-order valence-corrected chi connectivity index (χ4v) is 2.64. The van der Waals surface area contributed by atoms with Crippen molar-refractivity contribution < 1.29 is 14.0 Å². The lowest BCUT2D eigenvalue weighted by Crippen LogP contribution is -2.04. The molecule has 0 amide bonds. The maximum absolute atomic E-state index is 10.9. The lowest BCUT2D eigenvalue weighted by molar-refractivity contribution is 0.407. The molecule has 1 aromatic rings. The Kier molecular flexibility index (Phi) is 4.79. The highest BCUT2D eigenvalue weighted by molar-refractivity contribution is 7.32. The minimum Gasteiger partial charge on any atom is -0.426 e. The van der Waals surface area contributed by atoms with Crippen LogP contribution in [0.25, 0.3) is 0 Å². The Morgan fingerprint density at radius 2 is 1.65 bits per heavy atom. The van der Waals surface area contributed by atoms with Crippen LogP contribution in [0.4, 0.5) is 0 Å². The summed E-state index contributed by atoms with van der Waals surface area (Å²) in [5, 5.41) is 0. The first-order chi connectivity index (χ1) is 7.84. The van der Waals surface area contributed by atoms with E-state index in [1.165, 1.54) is 11.1 Å². The molecule has 0 aliphatic heterocycles. The van der Waals surface area contributed by atoms with E-state index in [-0.39, 0.29) is 5.92 Å². The summed E-state index contributed by atoms with van der Waals surface area (Å²) in [6.45, 7) is 10.5. The number of hydrogen-bond donors (Lipinski definition) is 1. The molecule has 0 aliphatic carbocycles. The maximum atomic E-state index is 10.9. The van der Waals surface area contributed by atoms with Gasteiger partial charge in [-0.1, -0.05) is 33.8 Å². The zero-order chi connectivity index (χ0) is 13.2. The van der Waals surface area contributed by atoms with E-state index < -0.39 is 8.25 Å². The van der Waals surface area contributed by atoms with Gasteiger partial charge >= 0.3 is 8.25 Å². The Morgan fingerprint density at radius 3 is 2.06 bits per heavy atom. The summed E-state index contributed by atoms with van der Waals surface area (Å²) in [5.41, 5.74) is 3.47. The van der Waals surface area contributed by atoms with Crippen molar-refractivity contribution >= 4 is 8.25 Å². The van der Waals surface area contributed by atoms with Crippen LogP contribution in [0.1, 0.15) is 56.2 Å². The van der Waals surface area contributed by atoms with Gasteiger partial charge in [-0.15, -0.1) is 0 Å². The molecular weight excluding hydrogens is 235 g/mol. The number of rotatable bonds is 4. The van der Waals surface area contributed by atoms with E-state index in [1.54, 1.807) is 6.07 Å². The molecule has 0 saturated heterocycles. The Balaban J connectivity index is 3.41. The van der Waals surface area contributed by atoms with Crippen molar-refractivity contribution in [1.82, 2.24) is 0 Å². The number of aryl methyl sites for hydroxylation is 1. The predicted molar refractivity (Wildman–Crippen MR) is 71.2 cm³/mol. The minimum absolute atomic E-state index is 0.267. The first kappa shape index (κ1) is 14.3. The molecule has 0 bridgehead atoms. The summed E-state index contributed by atoms with van der Waals surface area (Å²) in [7, 11) is -2.95. The van der Waals surface area contributed by atoms with Gasteiger partial charge < -0.3 is 9.42 Å². The first-order valence-corrected chi connectivity index (χ1v) is 7.15. The van der Waals surface area contributed by atoms with Crippen molar-refractivity contribution in [2.45, 2.75) is 46.5 Å². The van der Waals surface area contributed by atoms with Crippen molar-refractivity contribution in [3.8, 4) is 5.75 Å². The smallest absolute Gasteiger partial charge is 0.365 e. The largest absolute Gasteiger partial charge is 0.426 e. The summed E-state index contributed by atoms with van der Waals surface area (Å²) in [6, 6.07) is 3.73. The second-order valence-corrected chi connectivity index (χ2v) is 5.62. The molecule has 1 N–H and O–H groups in total. The average molecular weight is 256 g/mol. The summed E-state index contributed by atoms with van der Waals surface area (Å²) < 4.78 is 15.9. The van der Waals surface area contributed by atoms with Crippen LogP contribution in [0.15, 0.2) is 12.1 Å². The fourth-order valence-electron chi connectivity index (χ4n) is 2.27. The van der Waals surface area contributed by atoms with Crippen molar-refractivity contribution in [2.24, 2.45) is 0 Å². The summed E-state index contributed by atoms with van der Waals surface area (Å²) >= 11 is 0. The van der Waals surface area contributed by atoms with Crippen LogP contribution in [0.2, 0.25) is 0 Å². The van der Waals surface area contributed by atoms with Gasteiger partial charge in [-0.3, -0.25) is 0 Å². The molecule has 1 unspecified atom stereocenters. The zero-order valence-corrected chi connectivity index (χ0v) is 12.1. The van der Waals surface area contributed by atoms with Crippen molar-refractivity contribution in [3.05, 3.63) is 28.8 Å². The third-order valence-corrected chi connectivity index (χ3v) is 3.21. The Labute approximate surface area is 104 Å². The molecule has 4 heteroatoms. The summed E-state index contributed by atoms with van der Waals surface area (Å²) in [4.78, 5) is 8.93. The van der Waals surface area contributed by atoms with E-state index in [0.29, 0.717) is 11.7 Å². The summed E-state index contributed by atoms with van der Waals surface area (Å²) in [5.74, 6) is 1.18. The van der Waals surface area contributed by atoms with Gasteiger partial charge in [0.05, 0.1) is 0 Å².